The molecule has 0 heterocycles. The van der Waals surface area contributed by atoms with E-state index >= 15 is 0 Å². The lowest BCUT2D eigenvalue weighted by molar-refractivity contribution is 0.590. The van der Waals surface area contributed by atoms with E-state index in [2.05, 4.69) is 277 Å². The van der Waals surface area contributed by atoms with Crippen molar-refractivity contribution in [2.24, 2.45) is 0 Å². The summed E-state index contributed by atoms with van der Waals surface area (Å²) < 4.78 is 0. The fourth-order valence-electron chi connectivity index (χ4n) is 10.6. The lowest BCUT2D eigenvalue weighted by Gasteiger charge is -2.29. The van der Waals surface area contributed by atoms with Gasteiger partial charge in [0.15, 0.2) is 0 Å². The molecule has 0 saturated carbocycles. The second-order valence-electron chi connectivity index (χ2n) is 23.8. The van der Waals surface area contributed by atoms with E-state index in [0.29, 0.717) is 0 Å². The van der Waals surface area contributed by atoms with Crippen molar-refractivity contribution >= 4 is 32.3 Å². The van der Waals surface area contributed by atoms with Crippen molar-refractivity contribution in [2.45, 2.75) is 105 Å². The first kappa shape index (κ1) is 46.7. The van der Waals surface area contributed by atoms with Gasteiger partial charge in [-0.15, -0.1) is 0 Å². The third kappa shape index (κ3) is 8.79. The monoisotopic (exact) mass is 909 g/mol. The molecule has 348 valence electrons. The highest BCUT2D eigenvalue weighted by atomic mass is 14.3. The van der Waals surface area contributed by atoms with Gasteiger partial charge in [0.1, 0.15) is 0 Å². The van der Waals surface area contributed by atoms with Crippen molar-refractivity contribution in [3.8, 4) is 66.8 Å². The number of benzene rings is 10. The zero-order valence-corrected chi connectivity index (χ0v) is 43.5. The summed E-state index contributed by atoms with van der Waals surface area (Å²) in [5.74, 6) is 0. The highest BCUT2D eigenvalue weighted by molar-refractivity contribution is 6.26. The second-order valence-corrected chi connectivity index (χ2v) is 23.8. The molecular formula is C70H68. The average molecular weight is 909 g/mol. The normalized spacial score (nSPS) is 12.6. The zero-order valence-electron chi connectivity index (χ0n) is 43.5. The van der Waals surface area contributed by atoms with Gasteiger partial charge in [-0.05, 0) is 161 Å². The standard InChI is InChI=1S/C70H68/c1-67(2,3)55-35-31-49(32-36-55)62-58-40-39-57(69(7,8)9)41-53(58)42-60-59(62)43-54-44-61(70(10,11)12)64(51-27-23-47(24-28-51)45-19-15-13-16-20-45)65(52-29-25-48(26-30-52)46-21-17-14-18-22-46)66(54)63(60)50-33-37-56(38-34-50)68(4,5)6/h13-44H,1-12H3. The van der Waals surface area contributed by atoms with Crippen LogP contribution in [0.5, 0.6) is 0 Å². The molecule has 0 N–H and O–H groups in total. The third-order valence-corrected chi connectivity index (χ3v) is 14.7. The molecule has 0 fully saturated rings. The van der Waals surface area contributed by atoms with Gasteiger partial charge in [-0.1, -0.05) is 259 Å². The average Bonchev–Trinajstić information content (AvgIpc) is 3.34. The summed E-state index contributed by atoms with van der Waals surface area (Å²) >= 11 is 0. The molecule has 0 aliphatic heterocycles. The molecule has 0 spiro atoms. The van der Waals surface area contributed by atoms with E-state index in [0.717, 1.165) is 0 Å². The van der Waals surface area contributed by atoms with Gasteiger partial charge in [0.2, 0.25) is 0 Å². The highest BCUT2D eigenvalue weighted by Crippen LogP contribution is 2.52. The van der Waals surface area contributed by atoms with Crippen molar-refractivity contribution in [2.75, 3.05) is 0 Å². The molecule has 0 heteroatoms. The quantitative estimate of drug-likeness (QED) is 0.146. The van der Waals surface area contributed by atoms with E-state index in [1.807, 2.05) is 0 Å². The predicted molar refractivity (Wildman–Crippen MR) is 306 cm³/mol. The number of hydrogen-bond acceptors (Lipinski definition) is 0. The highest BCUT2D eigenvalue weighted by Gasteiger charge is 2.29. The first-order valence-corrected chi connectivity index (χ1v) is 25.3. The molecule has 0 bridgehead atoms. The molecule has 0 unspecified atom stereocenters. The maximum absolute atomic E-state index is 2.55. The van der Waals surface area contributed by atoms with Crippen LogP contribution in [0.15, 0.2) is 194 Å². The zero-order chi connectivity index (χ0) is 49.3. The van der Waals surface area contributed by atoms with Gasteiger partial charge in [0.05, 0.1) is 0 Å². The Hall–Kier alpha value is -7.02. The van der Waals surface area contributed by atoms with Gasteiger partial charge in [0, 0.05) is 0 Å². The van der Waals surface area contributed by atoms with Crippen molar-refractivity contribution in [3.63, 3.8) is 0 Å². The smallest absolute Gasteiger partial charge is 0.00139 e. The van der Waals surface area contributed by atoms with Gasteiger partial charge in [0.25, 0.3) is 0 Å². The van der Waals surface area contributed by atoms with Gasteiger partial charge in [-0.25, -0.2) is 0 Å². The summed E-state index contributed by atoms with van der Waals surface area (Å²) in [6.07, 6.45) is 0. The summed E-state index contributed by atoms with van der Waals surface area (Å²) in [5.41, 5.74) is 20.0. The van der Waals surface area contributed by atoms with Crippen molar-refractivity contribution in [1.29, 1.82) is 0 Å². The van der Waals surface area contributed by atoms with Crippen molar-refractivity contribution < 1.29 is 0 Å². The Kier molecular flexibility index (Phi) is 11.6. The fraction of sp³-hybridized carbons (Fsp3) is 0.229. The van der Waals surface area contributed by atoms with E-state index in [9.17, 15) is 0 Å². The Morgan fingerprint density at radius 2 is 0.586 bits per heavy atom. The summed E-state index contributed by atoms with van der Waals surface area (Å²) in [6.45, 7) is 28.0. The number of hydrogen-bond donors (Lipinski definition) is 0. The van der Waals surface area contributed by atoms with E-state index in [1.165, 1.54) is 121 Å². The largest absolute Gasteiger partial charge is 0.0622 e. The molecule has 10 rings (SSSR count). The molecule has 0 aliphatic rings. The molecule has 10 aromatic rings. The minimum Gasteiger partial charge on any atom is -0.0622 e. The third-order valence-electron chi connectivity index (χ3n) is 14.7. The summed E-state index contributed by atoms with van der Waals surface area (Å²) in [4.78, 5) is 0. The van der Waals surface area contributed by atoms with Crippen LogP contribution in [0.3, 0.4) is 0 Å². The molecular weight excluding hydrogens is 841 g/mol. The predicted octanol–water partition coefficient (Wildman–Crippen LogP) is 20.3. The SMILES string of the molecule is CC(C)(C)c1ccc(-c2c3ccc(C(C)(C)C)cc3cc3c(-c4ccc(C(C)(C)C)cc4)c4c(-c5ccc(-c6ccccc6)cc5)c(-c5ccc(-c6ccccc6)cc5)c(C(C)(C)C)cc4cc23)cc1. The summed E-state index contributed by atoms with van der Waals surface area (Å²) in [7, 11) is 0. The maximum atomic E-state index is 2.55. The molecule has 0 saturated heterocycles. The van der Waals surface area contributed by atoms with Crippen molar-refractivity contribution in [1.82, 2.24) is 0 Å². The van der Waals surface area contributed by atoms with Crippen molar-refractivity contribution in [3.05, 3.63) is 216 Å². The van der Waals surface area contributed by atoms with Gasteiger partial charge >= 0.3 is 0 Å². The first-order valence-electron chi connectivity index (χ1n) is 25.3. The van der Waals surface area contributed by atoms with Crippen LogP contribution in [0, 0.1) is 0 Å². The van der Waals surface area contributed by atoms with Crippen LogP contribution in [0.1, 0.15) is 105 Å². The van der Waals surface area contributed by atoms with Crippen LogP contribution in [-0.4, -0.2) is 0 Å². The number of fused-ring (bicyclic) bond motifs is 3. The fourth-order valence-corrected chi connectivity index (χ4v) is 10.6. The van der Waals surface area contributed by atoms with Gasteiger partial charge < -0.3 is 0 Å². The Balaban J connectivity index is 1.41. The minimum absolute atomic E-state index is 0.0116. The lowest BCUT2D eigenvalue weighted by Crippen LogP contribution is -2.14. The Morgan fingerprint density at radius 3 is 1.04 bits per heavy atom. The van der Waals surface area contributed by atoms with E-state index in [4.69, 9.17) is 0 Å². The lowest BCUT2D eigenvalue weighted by atomic mass is 9.74. The molecule has 0 amide bonds. The molecule has 0 aromatic heterocycles. The van der Waals surface area contributed by atoms with E-state index in [1.54, 1.807) is 0 Å². The molecule has 70 heavy (non-hydrogen) atoms. The Morgan fingerprint density at radius 1 is 0.229 bits per heavy atom. The Bertz CT molecular complexity index is 3520. The molecule has 0 radical (unpaired) electrons. The molecule has 0 atom stereocenters. The summed E-state index contributed by atoms with van der Waals surface area (Å²) in [5, 5.41) is 7.60. The van der Waals surface area contributed by atoms with Crippen LogP contribution in [0.25, 0.3) is 99.1 Å². The van der Waals surface area contributed by atoms with Crippen LogP contribution >= 0.6 is 0 Å². The van der Waals surface area contributed by atoms with Crippen LogP contribution in [0.2, 0.25) is 0 Å². The first-order chi connectivity index (χ1) is 33.2. The van der Waals surface area contributed by atoms with Crippen LogP contribution in [-0.2, 0) is 21.7 Å². The Labute approximate surface area is 418 Å². The molecule has 0 nitrogen and oxygen atoms in total. The van der Waals surface area contributed by atoms with Crippen LogP contribution in [0.4, 0.5) is 0 Å². The minimum atomic E-state index is -0.192. The maximum Gasteiger partial charge on any atom is -0.00139 e. The molecule has 10 aromatic carbocycles. The second kappa shape index (κ2) is 17.4. The topological polar surface area (TPSA) is 0 Å². The van der Waals surface area contributed by atoms with Crippen LogP contribution < -0.4 is 0 Å². The van der Waals surface area contributed by atoms with E-state index < -0.39 is 0 Å². The van der Waals surface area contributed by atoms with E-state index in [-0.39, 0.29) is 21.7 Å². The van der Waals surface area contributed by atoms with Gasteiger partial charge in [-0.3, -0.25) is 0 Å². The summed E-state index contributed by atoms with van der Waals surface area (Å²) in [6, 6.07) is 74.1. The molecule has 0 aliphatic carbocycles. The number of rotatable bonds is 6. The van der Waals surface area contributed by atoms with Gasteiger partial charge in [-0.2, -0.15) is 0 Å².